The minimum Gasteiger partial charge on any atom is -0.387 e. The summed E-state index contributed by atoms with van der Waals surface area (Å²) in [5.41, 5.74) is 1.54. The lowest BCUT2D eigenvalue weighted by Gasteiger charge is -2.04. The van der Waals surface area contributed by atoms with Crippen LogP contribution in [-0.4, -0.2) is 10.1 Å². The van der Waals surface area contributed by atoms with Crippen LogP contribution in [0.4, 0.5) is 0 Å². The molecular formula is C11H9BrNO. The highest BCUT2D eigenvalue weighted by Crippen LogP contribution is 2.19. The Morgan fingerprint density at radius 1 is 1.50 bits per heavy atom. The highest BCUT2D eigenvalue weighted by atomic mass is 79.9. The lowest BCUT2D eigenvalue weighted by atomic mass is 10.2. The van der Waals surface area contributed by atoms with E-state index >= 15 is 0 Å². The first-order valence-electron chi connectivity index (χ1n) is 4.33. The van der Waals surface area contributed by atoms with Crippen LogP contribution in [0.25, 0.3) is 10.9 Å². The monoisotopic (exact) mass is 250 g/mol. The van der Waals surface area contributed by atoms with Crippen molar-refractivity contribution in [2.45, 2.75) is 13.0 Å². The molecule has 0 fully saturated rings. The van der Waals surface area contributed by atoms with Gasteiger partial charge in [-0.1, -0.05) is 22.0 Å². The number of hydrogen-bond donors (Lipinski definition) is 1. The Morgan fingerprint density at radius 2 is 2.29 bits per heavy atom. The van der Waals surface area contributed by atoms with Gasteiger partial charge in [0.1, 0.15) is 0 Å². The van der Waals surface area contributed by atoms with E-state index in [0.29, 0.717) is 5.69 Å². The van der Waals surface area contributed by atoms with E-state index in [1.165, 1.54) is 0 Å². The number of aromatic nitrogens is 1. The van der Waals surface area contributed by atoms with Crippen molar-refractivity contribution in [1.82, 2.24) is 4.98 Å². The Morgan fingerprint density at radius 3 is 3.00 bits per heavy atom. The molecule has 0 spiro atoms. The molecule has 1 radical (unpaired) electrons. The number of rotatable bonds is 1. The summed E-state index contributed by atoms with van der Waals surface area (Å²) in [6.07, 6.45) is -0.525. The molecule has 1 unspecified atom stereocenters. The molecule has 0 aliphatic rings. The van der Waals surface area contributed by atoms with Gasteiger partial charge in [-0.25, -0.2) is 0 Å². The molecule has 2 nitrogen and oxygen atoms in total. The van der Waals surface area contributed by atoms with Crippen LogP contribution in [-0.2, 0) is 0 Å². The number of pyridine rings is 1. The van der Waals surface area contributed by atoms with Crippen LogP contribution in [0.2, 0.25) is 0 Å². The van der Waals surface area contributed by atoms with Crippen LogP contribution >= 0.6 is 15.9 Å². The Hall–Kier alpha value is -0.930. The van der Waals surface area contributed by atoms with Crippen LogP contribution in [0.15, 0.2) is 28.7 Å². The average Bonchev–Trinajstić information content (AvgIpc) is 2.16. The van der Waals surface area contributed by atoms with Crippen LogP contribution in [0.3, 0.4) is 0 Å². The number of fused-ring (bicyclic) bond motifs is 1. The molecule has 3 heteroatoms. The molecule has 1 aromatic carbocycles. The first-order valence-corrected chi connectivity index (χ1v) is 5.12. The van der Waals surface area contributed by atoms with Crippen LogP contribution in [0, 0.1) is 6.07 Å². The smallest absolute Gasteiger partial charge is 0.0932 e. The quantitative estimate of drug-likeness (QED) is 0.845. The van der Waals surface area contributed by atoms with Gasteiger partial charge in [-0.2, -0.15) is 0 Å². The Kier molecular flexibility index (Phi) is 2.52. The SMILES string of the molecule is CC(O)c1ccc2cc(Br)[c]cc2n1. The van der Waals surface area contributed by atoms with Crippen molar-refractivity contribution in [1.29, 1.82) is 0 Å². The van der Waals surface area contributed by atoms with Gasteiger partial charge in [0.15, 0.2) is 0 Å². The molecule has 1 heterocycles. The molecule has 0 saturated heterocycles. The lowest BCUT2D eigenvalue weighted by molar-refractivity contribution is 0.195. The normalized spacial score (nSPS) is 13.1. The molecule has 2 rings (SSSR count). The van der Waals surface area contributed by atoms with Crippen LogP contribution in [0.5, 0.6) is 0 Å². The van der Waals surface area contributed by atoms with E-state index in [4.69, 9.17) is 0 Å². The zero-order valence-electron chi connectivity index (χ0n) is 7.66. The molecule has 0 bridgehead atoms. The Labute approximate surface area is 90.7 Å². The molecule has 2 aromatic rings. The molecule has 0 saturated carbocycles. The van der Waals surface area contributed by atoms with Gasteiger partial charge in [-0.3, -0.25) is 4.98 Å². The molecule has 1 N–H and O–H groups in total. The average molecular weight is 251 g/mol. The van der Waals surface area contributed by atoms with Gasteiger partial charge in [0.2, 0.25) is 0 Å². The zero-order valence-corrected chi connectivity index (χ0v) is 9.25. The maximum Gasteiger partial charge on any atom is 0.0932 e. The molecule has 0 aliphatic carbocycles. The fraction of sp³-hybridized carbons (Fsp3) is 0.182. The van der Waals surface area contributed by atoms with Crippen molar-refractivity contribution in [2.75, 3.05) is 0 Å². The van der Waals surface area contributed by atoms with Gasteiger partial charge >= 0.3 is 0 Å². The minimum atomic E-state index is -0.525. The predicted octanol–water partition coefficient (Wildman–Crippen LogP) is 2.85. The van der Waals surface area contributed by atoms with Crippen molar-refractivity contribution in [3.8, 4) is 0 Å². The third kappa shape index (κ3) is 1.79. The largest absolute Gasteiger partial charge is 0.387 e. The van der Waals surface area contributed by atoms with Crippen molar-refractivity contribution >= 4 is 26.8 Å². The molecule has 71 valence electrons. The van der Waals surface area contributed by atoms with Gasteiger partial charge in [-0.05, 0) is 31.2 Å². The minimum absolute atomic E-state index is 0.525. The molecule has 0 amide bonds. The number of halogens is 1. The van der Waals surface area contributed by atoms with E-state index in [1.807, 2.05) is 24.3 Å². The summed E-state index contributed by atoms with van der Waals surface area (Å²) in [7, 11) is 0. The van der Waals surface area contributed by atoms with Gasteiger partial charge < -0.3 is 5.11 Å². The number of hydrogen-bond acceptors (Lipinski definition) is 2. The van der Waals surface area contributed by atoms with E-state index in [0.717, 1.165) is 15.4 Å². The fourth-order valence-corrected chi connectivity index (χ4v) is 1.65. The maximum atomic E-state index is 9.36. The van der Waals surface area contributed by atoms with Gasteiger partial charge in [0, 0.05) is 9.86 Å². The number of nitrogens with zero attached hydrogens (tertiary/aromatic N) is 1. The molecule has 1 aromatic heterocycles. The van der Waals surface area contributed by atoms with E-state index in [9.17, 15) is 5.11 Å². The van der Waals surface area contributed by atoms with Crippen LogP contribution in [0.1, 0.15) is 18.7 Å². The number of aliphatic hydroxyl groups is 1. The van der Waals surface area contributed by atoms with E-state index in [-0.39, 0.29) is 0 Å². The van der Waals surface area contributed by atoms with E-state index in [2.05, 4.69) is 27.0 Å². The van der Waals surface area contributed by atoms with E-state index < -0.39 is 6.10 Å². The predicted molar refractivity (Wildman–Crippen MR) is 58.9 cm³/mol. The maximum absolute atomic E-state index is 9.36. The van der Waals surface area contributed by atoms with Crippen molar-refractivity contribution in [3.63, 3.8) is 0 Å². The van der Waals surface area contributed by atoms with E-state index in [1.54, 1.807) is 6.92 Å². The summed E-state index contributed by atoms with van der Waals surface area (Å²) in [4.78, 5) is 4.31. The summed E-state index contributed by atoms with van der Waals surface area (Å²) in [6.45, 7) is 1.71. The summed E-state index contributed by atoms with van der Waals surface area (Å²) >= 11 is 3.35. The summed E-state index contributed by atoms with van der Waals surface area (Å²) in [5.74, 6) is 0. The van der Waals surface area contributed by atoms with Gasteiger partial charge in [0.25, 0.3) is 0 Å². The second kappa shape index (κ2) is 3.67. The highest BCUT2D eigenvalue weighted by molar-refractivity contribution is 9.10. The third-order valence-electron chi connectivity index (χ3n) is 2.04. The van der Waals surface area contributed by atoms with Crippen molar-refractivity contribution < 1.29 is 5.11 Å². The zero-order chi connectivity index (χ0) is 10.1. The second-order valence-corrected chi connectivity index (χ2v) is 4.02. The summed E-state index contributed by atoms with van der Waals surface area (Å²) in [6, 6.07) is 10.6. The van der Waals surface area contributed by atoms with Crippen molar-refractivity contribution in [2.24, 2.45) is 0 Å². The first kappa shape index (κ1) is 9.62. The number of benzene rings is 1. The van der Waals surface area contributed by atoms with Gasteiger partial charge in [-0.15, -0.1) is 0 Å². The standard InChI is InChI=1S/C11H9BrNO/c1-7(14)10-4-2-8-6-9(12)3-5-11(8)13-10/h2,4-7,14H,1H3. The topological polar surface area (TPSA) is 33.1 Å². The third-order valence-corrected chi connectivity index (χ3v) is 2.49. The van der Waals surface area contributed by atoms with Gasteiger partial charge in [0.05, 0.1) is 17.3 Å². The Bertz CT molecular complexity index is 468. The summed E-state index contributed by atoms with van der Waals surface area (Å²) in [5, 5.41) is 10.4. The lowest BCUT2D eigenvalue weighted by Crippen LogP contribution is -1.94. The highest BCUT2D eigenvalue weighted by Gasteiger charge is 2.03. The number of aliphatic hydroxyl groups excluding tert-OH is 1. The van der Waals surface area contributed by atoms with Crippen molar-refractivity contribution in [3.05, 3.63) is 40.5 Å². The second-order valence-electron chi connectivity index (χ2n) is 3.17. The van der Waals surface area contributed by atoms with Crippen LogP contribution < -0.4 is 0 Å². The molecule has 0 aliphatic heterocycles. The first-order chi connectivity index (χ1) is 6.66. The molecule has 1 atom stereocenters. The molecule has 14 heavy (non-hydrogen) atoms. The Balaban J connectivity index is 2.62. The summed E-state index contributed by atoms with van der Waals surface area (Å²) < 4.78 is 0.914. The molecular weight excluding hydrogens is 242 g/mol. The fourth-order valence-electron chi connectivity index (χ4n) is 1.29.